The minimum absolute atomic E-state index is 0.811. The van der Waals surface area contributed by atoms with Gasteiger partial charge in [0.1, 0.15) is 0 Å². The maximum atomic E-state index is 6.22. The molecule has 0 aromatic carbocycles. The quantitative estimate of drug-likeness (QED) is 0.563. The first-order chi connectivity index (χ1) is 4.18. The SMILES string of the molecule is C=CCS(Cl)(CC)CC. The van der Waals surface area contributed by atoms with Gasteiger partial charge in [-0.2, -0.15) is 9.24 Å². The Morgan fingerprint density at radius 3 is 2.00 bits per heavy atom. The van der Waals surface area contributed by atoms with Crippen molar-refractivity contribution < 1.29 is 0 Å². The summed E-state index contributed by atoms with van der Waals surface area (Å²) in [5, 5.41) is 0. The highest BCUT2D eigenvalue weighted by atomic mass is 35.7. The van der Waals surface area contributed by atoms with Gasteiger partial charge in [-0.05, 0) is 11.5 Å². The van der Waals surface area contributed by atoms with Crippen LogP contribution in [0.3, 0.4) is 0 Å². The van der Waals surface area contributed by atoms with Gasteiger partial charge in [0.25, 0.3) is 0 Å². The summed E-state index contributed by atoms with van der Waals surface area (Å²) in [5.41, 5.74) is 0. The number of rotatable bonds is 4. The van der Waals surface area contributed by atoms with Crippen LogP contribution in [0.2, 0.25) is 0 Å². The van der Waals surface area contributed by atoms with Gasteiger partial charge in [-0.3, -0.25) is 0 Å². The highest BCUT2D eigenvalue weighted by Crippen LogP contribution is 2.52. The Hall–Kier alpha value is 0.380. The molecular weight excluding hydrogens is 152 g/mol. The molecular formula is C7H15ClS. The molecule has 0 aromatic heterocycles. The predicted molar refractivity (Wildman–Crippen MR) is 49.6 cm³/mol. The first kappa shape index (κ1) is 9.38. The van der Waals surface area contributed by atoms with Crippen molar-refractivity contribution in [3.05, 3.63) is 12.7 Å². The summed E-state index contributed by atoms with van der Waals surface area (Å²) >= 11 is 0. The molecule has 0 heterocycles. The van der Waals surface area contributed by atoms with E-state index in [2.05, 4.69) is 20.4 Å². The van der Waals surface area contributed by atoms with Crippen LogP contribution >= 0.6 is 19.9 Å². The molecule has 0 bridgehead atoms. The Morgan fingerprint density at radius 1 is 1.44 bits per heavy atom. The molecule has 0 unspecified atom stereocenters. The van der Waals surface area contributed by atoms with Crippen molar-refractivity contribution in [3.63, 3.8) is 0 Å². The Balaban J connectivity index is 3.75. The van der Waals surface area contributed by atoms with Gasteiger partial charge in [0.15, 0.2) is 0 Å². The van der Waals surface area contributed by atoms with Crippen LogP contribution in [0, 0.1) is 0 Å². The normalized spacial score (nSPS) is 13.2. The van der Waals surface area contributed by atoms with Gasteiger partial charge in [-0.15, -0.1) is 6.58 Å². The molecule has 0 radical (unpaired) electrons. The summed E-state index contributed by atoms with van der Waals surface area (Å²) in [7, 11) is 5.41. The zero-order valence-electron chi connectivity index (χ0n) is 6.19. The summed E-state index contributed by atoms with van der Waals surface area (Å²) in [6.45, 7) is 7.97. The molecule has 56 valence electrons. The van der Waals surface area contributed by atoms with Crippen molar-refractivity contribution >= 4 is 19.9 Å². The summed E-state index contributed by atoms with van der Waals surface area (Å²) in [4.78, 5) is 0. The van der Waals surface area contributed by atoms with Crippen LogP contribution in [0.25, 0.3) is 0 Å². The maximum Gasteiger partial charge on any atom is 0.00768 e. The van der Waals surface area contributed by atoms with Gasteiger partial charge in [0.2, 0.25) is 0 Å². The molecule has 0 rings (SSSR count). The van der Waals surface area contributed by atoms with Crippen molar-refractivity contribution in [2.24, 2.45) is 0 Å². The van der Waals surface area contributed by atoms with E-state index in [1.165, 1.54) is 0 Å². The van der Waals surface area contributed by atoms with Crippen LogP contribution in [-0.4, -0.2) is 17.3 Å². The van der Waals surface area contributed by atoms with E-state index in [-0.39, 0.29) is 0 Å². The van der Waals surface area contributed by atoms with Crippen molar-refractivity contribution in [1.82, 2.24) is 0 Å². The smallest absolute Gasteiger partial charge is 0.00768 e. The van der Waals surface area contributed by atoms with E-state index in [1.54, 1.807) is 0 Å². The zero-order valence-corrected chi connectivity index (χ0v) is 7.76. The monoisotopic (exact) mass is 166 g/mol. The molecule has 0 amide bonds. The summed E-state index contributed by atoms with van der Waals surface area (Å²) in [6, 6.07) is 0. The van der Waals surface area contributed by atoms with Crippen LogP contribution in [-0.2, 0) is 0 Å². The zero-order chi connectivity index (χ0) is 7.33. The summed E-state index contributed by atoms with van der Waals surface area (Å²) < 4.78 is 0. The topological polar surface area (TPSA) is 0 Å². The molecule has 0 aliphatic carbocycles. The summed E-state index contributed by atoms with van der Waals surface area (Å²) in [6.07, 6.45) is 1.93. The average molecular weight is 167 g/mol. The lowest BCUT2D eigenvalue weighted by Gasteiger charge is -2.28. The second kappa shape index (κ2) is 4.24. The lowest BCUT2D eigenvalue weighted by Crippen LogP contribution is -2.00. The van der Waals surface area contributed by atoms with Crippen LogP contribution < -0.4 is 0 Å². The van der Waals surface area contributed by atoms with E-state index in [9.17, 15) is 0 Å². The minimum atomic E-state index is -0.811. The number of hydrogen-bond acceptors (Lipinski definition) is 0. The molecule has 2 heteroatoms. The Labute approximate surface area is 64.1 Å². The fraction of sp³-hybridized carbons (Fsp3) is 0.714. The van der Waals surface area contributed by atoms with Crippen molar-refractivity contribution in [3.8, 4) is 0 Å². The molecule has 9 heavy (non-hydrogen) atoms. The third kappa shape index (κ3) is 3.17. The predicted octanol–water partition coefficient (Wildman–Crippen LogP) is 3.17. The van der Waals surface area contributed by atoms with Crippen LogP contribution in [0.4, 0.5) is 0 Å². The van der Waals surface area contributed by atoms with E-state index in [1.807, 2.05) is 6.08 Å². The van der Waals surface area contributed by atoms with E-state index >= 15 is 0 Å². The Morgan fingerprint density at radius 2 is 1.89 bits per heavy atom. The fourth-order valence-electron chi connectivity index (χ4n) is 0.651. The standard InChI is InChI=1S/C7H15ClS/c1-4-7-9(8,5-2)6-3/h4H,1,5-7H2,2-3H3. The van der Waals surface area contributed by atoms with E-state index in [0.29, 0.717) is 0 Å². The molecule has 0 saturated carbocycles. The Bertz CT molecular complexity index is 86.9. The second-order valence-corrected chi connectivity index (χ2v) is 7.30. The molecule has 0 atom stereocenters. The summed E-state index contributed by atoms with van der Waals surface area (Å²) in [5.74, 6) is 3.22. The average Bonchev–Trinajstić information content (AvgIpc) is 1.89. The maximum absolute atomic E-state index is 6.22. The Kier molecular flexibility index (Phi) is 4.41. The number of hydrogen-bond donors (Lipinski definition) is 0. The third-order valence-electron chi connectivity index (χ3n) is 1.45. The fourth-order valence-corrected chi connectivity index (χ4v) is 2.22. The van der Waals surface area contributed by atoms with Gasteiger partial charge in [0.05, 0.1) is 0 Å². The highest BCUT2D eigenvalue weighted by molar-refractivity contribution is 8.51. The molecule has 0 aliphatic rings. The van der Waals surface area contributed by atoms with Gasteiger partial charge in [-0.1, -0.05) is 30.6 Å². The van der Waals surface area contributed by atoms with Crippen LogP contribution in [0.15, 0.2) is 12.7 Å². The molecule has 0 aliphatic heterocycles. The molecule has 0 spiro atoms. The van der Waals surface area contributed by atoms with Crippen molar-refractivity contribution in [2.75, 3.05) is 17.3 Å². The second-order valence-electron chi connectivity index (χ2n) is 1.97. The van der Waals surface area contributed by atoms with Gasteiger partial charge in [0, 0.05) is 5.75 Å². The molecule has 0 N–H and O–H groups in total. The van der Waals surface area contributed by atoms with E-state index in [4.69, 9.17) is 10.7 Å². The van der Waals surface area contributed by atoms with Crippen molar-refractivity contribution in [2.45, 2.75) is 13.8 Å². The number of halogens is 1. The highest BCUT2D eigenvalue weighted by Gasteiger charge is 2.12. The van der Waals surface area contributed by atoms with Crippen LogP contribution in [0.5, 0.6) is 0 Å². The largest absolute Gasteiger partial charge is 0.160 e. The lowest BCUT2D eigenvalue weighted by atomic mass is 10.8. The molecule has 0 nitrogen and oxygen atoms in total. The van der Waals surface area contributed by atoms with Gasteiger partial charge < -0.3 is 0 Å². The first-order valence-corrected chi connectivity index (χ1v) is 6.22. The third-order valence-corrected chi connectivity index (χ3v) is 6.04. The molecule has 0 aromatic rings. The van der Waals surface area contributed by atoms with Crippen molar-refractivity contribution in [1.29, 1.82) is 0 Å². The molecule has 0 saturated heterocycles. The first-order valence-electron chi connectivity index (χ1n) is 3.25. The lowest BCUT2D eigenvalue weighted by molar-refractivity contribution is 1.41. The van der Waals surface area contributed by atoms with E-state index < -0.39 is 9.24 Å². The van der Waals surface area contributed by atoms with Gasteiger partial charge in [-0.25, -0.2) is 0 Å². The van der Waals surface area contributed by atoms with Crippen LogP contribution in [0.1, 0.15) is 13.8 Å². The van der Waals surface area contributed by atoms with Gasteiger partial charge >= 0.3 is 0 Å². The van der Waals surface area contributed by atoms with E-state index in [0.717, 1.165) is 17.3 Å². The molecule has 0 fully saturated rings. The minimum Gasteiger partial charge on any atom is -0.160 e.